The summed E-state index contributed by atoms with van der Waals surface area (Å²) < 4.78 is 0.754. The molecule has 0 radical (unpaired) electrons. The van der Waals surface area contributed by atoms with Crippen LogP contribution in [0.5, 0.6) is 0 Å². The molecule has 0 aromatic heterocycles. The molecule has 1 aromatic rings. The molecule has 0 spiro atoms. The number of carbonyl (C=O) groups is 1. The van der Waals surface area contributed by atoms with Gasteiger partial charge in [-0.2, -0.15) is 0 Å². The van der Waals surface area contributed by atoms with Crippen molar-refractivity contribution in [1.29, 1.82) is 0 Å². The van der Waals surface area contributed by atoms with Crippen molar-refractivity contribution in [2.45, 2.75) is 39.7 Å². The molecule has 0 aliphatic heterocycles. The number of benzene rings is 1. The summed E-state index contributed by atoms with van der Waals surface area (Å²) in [5, 5.41) is 6.13. The van der Waals surface area contributed by atoms with Gasteiger partial charge in [0.25, 0.3) is 0 Å². The molecule has 0 saturated carbocycles. The summed E-state index contributed by atoms with van der Waals surface area (Å²) in [6, 6.07) is 7.79. The Kier molecular flexibility index (Phi) is 6.49. The van der Waals surface area contributed by atoms with Gasteiger partial charge in [-0.3, -0.25) is 4.79 Å². The lowest BCUT2D eigenvalue weighted by molar-refractivity contribution is -0.121. The number of hydrogen-bond donors (Lipinski definition) is 2. The van der Waals surface area contributed by atoms with Crippen molar-refractivity contribution >= 4 is 39.9 Å². The summed E-state index contributed by atoms with van der Waals surface area (Å²) in [4.78, 5) is 11.9. The molecule has 0 fully saturated rings. The molecule has 110 valence electrons. The summed E-state index contributed by atoms with van der Waals surface area (Å²) in [6.45, 7) is 7.99. The van der Waals surface area contributed by atoms with E-state index in [1.165, 1.54) is 0 Å². The van der Waals surface area contributed by atoms with E-state index in [0.717, 1.165) is 21.3 Å². The van der Waals surface area contributed by atoms with Gasteiger partial charge in [-0.25, -0.2) is 0 Å². The predicted molar refractivity (Wildman–Crippen MR) is 92.4 cm³/mol. The average Bonchev–Trinajstić information content (AvgIpc) is 2.26. The van der Waals surface area contributed by atoms with Gasteiger partial charge in [0.15, 0.2) is 0 Å². The number of anilines is 1. The van der Waals surface area contributed by atoms with Gasteiger partial charge < -0.3 is 10.6 Å². The number of hydrogen-bond acceptors (Lipinski definition) is 3. The Balaban J connectivity index is 2.64. The van der Waals surface area contributed by atoms with Gasteiger partial charge >= 0.3 is 0 Å². The lowest BCUT2D eigenvalue weighted by Gasteiger charge is -2.20. The second kappa shape index (κ2) is 7.64. The van der Waals surface area contributed by atoms with Crippen LogP contribution in [-0.4, -0.2) is 21.5 Å². The van der Waals surface area contributed by atoms with Gasteiger partial charge in [-0.05, 0) is 44.2 Å². The lowest BCUT2D eigenvalue weighted by atomic mass is 10.1. The molecule has 2 N–H and O–H groups in total. The zero-order chi connectivity index (χ0) is 15.2. The van der Waals surface area contributed by atoms with Gasteiger partial charge in [0.2, 0.25) is 5.91 Å². The maximum atomic E-state index is 11.9. The third kappa shape index (κ3) is 6.91. The van der Waals surface area contributed by atoms with Crippen LogP contribution in [0, 0.1) is 0 Å². The highest BCUT2D eigenvalue weighted by atomic mass is 32.2. The van der Waals surface area contributed by atoms with Crippen molar-refractivity contribution in [3.05, 3.63) is 29.8 Å². The summed E-state index contributed by atoms with van der Waals surface area (Å²) >= 11 is 6.81. The Hall–Kier alpha value is -1.07. The van der Waals surface area contributed by atoms with Crippen molar-refractivity contribution < 1.29 is 4.79 Å². The summed E-state index contributed by atoms with van der Waals surface area (Å²) in [5.41, 5.74) is 1.70. The third-order valence-corrected chi connectivity index (χ3v) is 3.44. The van der Waals surface area contributed by atoms with Crippen LogP contribution in [0.2, 0.25) is 0 Å². The van der Waals surface area contributed by atoms with E-state index in [4.69, 9.17) is 12.2 Å². The normalized spacial score (nSPS) is 11.0. The molecule has 5 heteroatoms. The number of amides is 1. The minimum Gasteiger partial charge on any atom is -0.351 e. The Labute approximate surface area is 130 Å². The van der Waals surface area contributed by atoms with Crippen LogP contribution >= 0.6 is 24.0 Å². The first-order valence-corrected chi connectivity index (χ1v) is 8.03. The van der Waals surface area contributed by atoms with E-state index < -0.39 is 0 Å². The van der Waals surface area contributed by atoms with E-state index in [0.29, 0.717) is 6.42 Å². The van der Waals surface area contributed by atoms with E-state index in [9.17, 15) is 4.79 Å². The molecule has 0 aliphatic carbocycles. The molecule has 1 aromatic carbocycles. The Morgan fingerprint density at radius 3 is 2.65 bits per heavy atom. The van der Waals surface area contributed by atoms with E-state index in [2.05, 4.69) is 17.6 Å². The van der Waals surface area contributed by atoms with Crippen LogP contribution in [0.1, 0.15) is 33.3 Å². The molecule has 0 unspecified atom stereocenters. The Morgan fingerprint density at radius 2 is 2.05 bits per heavy atom. The third-order valence-electron chi connectivity index (χ3n) is 2.33. The van der Waals surface area contributed by atoms with Crippen LogP contribution in [0.3, 0.4) is 0 Å². The van der Waals surface area contributed by atoms with E-state index in [-0.39, 0.29) is 11.4 Å². The fourth-order valence-electron chi connectivity index (χ4n) is 1.69. The number of nitrogens with one attached hydrogen (secondary N) is 2. The molecular weight excluding hydrogens is 288 g/mol. The van der Waals surface area contributed by atoms with Crippen LogP contribution in [0.4, 0.5) is 5.69 Å². The van der Waals surface area contributed by atoms with Gasteiger partial charge in [0.1, 0.15) is 4.32 Å². The van der Waals surface area contributed by atoms with Gasteiger partial charge in [-0.15, -0.1) is 0 Å². The smallest absolute Gasteiger partial charge is 0.224 e. The SMILES string of the molecule is CCSC(=S)Nc1cccc(CC(=O)NC(C)(C)C)c1. The van der Waals surface area contributed by atoms with Crippen LogP contribution in [0.25, 0.3) is 0 Å². The average molecular weight is 310 g/mol. The van der Waals surface area contributed by atoms with Crippen molar-refractivity contribution in [1.82, 2.24) is 5.32 Å². The van der Waals surface area contributed by atoms with Crippen molar-refractivity contribution in [3.8, 4) is 0 Å². The predicted octanol–water partition coefficient (Wildman–Crippen LogP) is 3.59. The topological polar surface area (TPSA) is 41.1 Å². The zero-order valence-corrected chi connectivity index (χ0v) is 14.1. The Bertz CT molecular complexity index is 481. The minimum atomic E-state index is -0.202. The van der Waals surface area contributed by atoms with Gasteiger partial charge in [0.05, 0.1) is 6.42 Å². The highest BCUT2D eigenvalue weighted by Crippen LogP contribution is 2.14. The highest BCUT2D eigenvalue weighted by molar-refractivity contribution is 8.23. The molecule has 3 nitrogen and oxygen atoms in total. The molecule has 20 heavy (non-hydrogen) atoms. The molecule has 0 heterocycles. The highest BCUT2D eigenvalue weighted by Gasteiger charge is 2.14. The standard InChI is InChI=1S/C15H22N2OS2/c1-5-20-14(19)16-12-8-6-7-11(9-12)10-13(18)17-15(2,3)4/h6-9H,5,10H2,1-4H3,(H,16,19)(H,17,18). The zero-order valence-electron chi connectivity index (χ0n) is 12.4. The first-order valence-electron chi connectivity index (χ1n) is 6.64. The number of rotatable bonds is 4. The second-order valence-corrected chi connectivity index (χ2v) is 7.46. The molecule has 0 bridgehead atoms. The van der Waals surface area contributed by atoms with Gasteiger partial charge in [0, 0.05) is 11.2 Å². The van der Waals surface area contributed by atoms with E-state index >= 15 is 0 Å². The van der Waals surface area contributed by atoms with Crippen LogP contribution < -0.4 is 10.6 Å². The first kappa shape index (κ1) is 17.0. The number of thiocarbonyl (C=S) groups is 1. The molecule has 0 aliphatic rings. The van der Waals surface area contributed by atoms with Crippen molar-refractivity contribution in [2.75, 3.05) is 11.1 Å². The van der Waals surface area contributed by atoms with Crippen LogP contribution in [-0.2, 0) is 11.2 Å². The van der Waals surface area contributed by atoms with Crippen molar-refractivity contribution in [3.63, 3.8) is 0 Å². The summed E-state index contributed by atoms with van der Waals surface area (Å²) in [6.07, 6.45) is 0.375. The van der Waals surface area contributed by atoms with Crippen LogP contribution in [0.15, 0.2) is 24.3 Å². The monoisotopic (exact) mass is 310 g/mol. The molecular formula is C15H22N2OS2. The first-order chi connectivity index (χ1) is 9.30. The fourth-order valence-corrected chi connectivity index (χ4v) is 2.62. The molecule has 0 atom stereocenters. The summed E-state index contributed by atoms with van der Waals surface area (Å²) in [5.74, 6) is 0.972. The molecule has 1 rings (SSSR count). The minimum absolute atomic E-state index is 0.0279. The Morgan fingerprint density at radius 1 is 1.35 bits per heavy atom. The quantitative estimate of drug-likeness (QED) is 0.834. The van der Waals surface area contributed by atoms with E-state index in [1.807, 2.05) is 45.0 Å². The number of thioether (sulfide) groups is 1. The largest absolute Gasteiger partial charge is 0.351 e. The second-order valence-electron chi connectivity index (χ2n) is 5.52. The molecule has 1 amide bonds. The van der Waals surface area contributed by atoms with Gasteiger partial charge in [-0.1, -0.05) is 43.0 Å². The van der Waals surface area contributed by atoms with E-state index in [1.54, 1.807) is 11.8 Å². The van der Waals surface area contributed by atoms with Crippen molar-refractivity contribution in [2.24, 2.45) is 0 Å². The maximum Gasteiger partial charge on any atom is 0.224 e. The maximum absolute atomic E-state index is 11.9. The summed E-state index contributed by atoms with van der Waals surface area (Å²) in [7, 11) is 0. The fraction of sp³-hybridized carbons (Fsp3) is 0.467. The lowest BCUT2D eigenvalue weighted by Crippen LogP contribution is -2.41. The molecule has 0 saturated heterocycles. The number of carbonyl (C=O) groups excluding carboxylic acids is 1.